The van der Waals surface area contributed by atoms with Gasteiger partial charge in [-0.2, -0.15) is 0 Å². The minimum atomic E-state index is -0.500. The smallest absolute Gasteiger partial charge is 0.306 e. The molecule has 1 aromatic rings. The summed E-state index contributed by atoms with van der Waals surface area (Å²) in [6.45, 7) is 7.40. The van der Waals surface area contributed by atoms with Crippen LogP contribution in [0.1, 0.15) is 45.4 Å². The summed E-state index contributed by atoms with van der Waals surface area (Å²) < 4.78 is 5.16. The van der Waals surface area contributed by atoms with Crippen molar-refractivity contribution in [1.29, 1.82) is 0 Å². The van der Waals surface area contributed by atoms with Gasteiger partial charge >= 0.3 is 5.97 Å². The third kappa shape index (κ3) is 7.28. The van der Waals surface area contributed by atoms with Crippen LogP contribution in [-0.4, -0.2) is 23.5 Å². The lowest BCUT2D eigenvalue weighted by atomic mass is 10.2. The molecule has 112 valence electrons. The highest BCUT2D eigenvalue weighted by Crippen LogP contribution is 2.11. The Kier molecular flexibility index (Phi) is 6.20. The van der Waals surface area contributed by atoms with Gasteiger partial charge in [0.1, 0.15) is 5.60 Å². The first-order valence-corrected chi connectivity index (χ1v) is 7.68. The van der Waals surface area contributed by atoms with E-state index in [-0.39, 0.29) is 30.8 Å². The van der Waals surface area contributed by atoms with Gasteiger partial charge in [-0.15, -0.1) is 11.3 Å². The van der Waals surface area contributed by atoms with Gasteiger partial charge in [0.25, 0.3) is 0 Å². The molecular formula is C15H23NO3S. The van der Waals surface area contributed by atoms with E-state index in [4.69, 9.17) is 4.74 Å². The number of ether oxygens (including phenoxy) is 1. The Labute approximate surface area is 124 Å². The molecule has 1 amide bonds. The van der Waals surface area contributed by atoms with E-state index in [1.54, 1.807) is 11.3 Å². The van der Waals surface area contributed by atoms with Gasteiger partial charge in [-0.05, 0) is 39.1 Å². The van der Waals surface area contributed by atoms with Gasteiger partial charge in [0, 0.05) is 23.8 Å². The summed E-state index contributed by atoms with van der Waals surface area (Å²) in [5.41, 5.74) is -0.500. The zero-order valence-electron chi connectivity index (χ0n) is 12.6. The highest BCUT2D eigenvalue weighted by Gasteiger charge is 2.17. The fourth-order valence-corrected chi connectivity index (χ4v) is 2.57. The largest absolute Gasteiger partial charge is 0.460 e. The summed E-state index contributed by atoms with van der Waals surface area (Å²) in [6, 6.07) is 4.12. The molecule has 1 aromatic heterocycles. The van der Waals surface area contributed by atoms with Crippen LogP contribution in [0.5, 0.6) is 0 Å². The van der Waals surface area contributed by atoms with E-state index in [0.717, 1.165) is 6.42 Å². The molecule has 0 aliphatic carbocycles. The fraction of sp³-hybridized carbons (Fsp3) is 0.600. The molecule has 4 nitrogen and oxygen atoms in total. The number of hydrogen-bond acceptors (Lipinski definition) is 4. The molecule has 0 aliphatic heterocycles. The summed E-state index contributed by atoms with van der Waals surface area (Å²) >= 11 is 1.68. The Morgan fingerprint density at radius 1 is 1.35 bits per heavy atom. The van der Waals surface area contributed by atoms with Crippen LogP contribution in [0, 0.1) is 0 Å². The molecule has 5 heteroatoms. The van der Waals surface area contributed by atoms with Crippen molar-refractivity contribution in [1.82, 2.24) is 5.32 Å². The second-order valence-electron chi connectivity index (χ2n) is 5.84. The highest BCUT2D eigenvalue weighted by molar-refractivity contribution is 7.09. The Morgan fingerprint density at radius 2 is 2.05 bits per heavy atom. The zero-order valence-corrected chi connectivity index (χ0v) is 13.4. The third-order valence-corrected chi connectivity index (χ3v) is 3.37. The van der Waals surface area contributed by atoms with Gasteiger partial charge in [-0.3, -0.25) is 9.59 Å². The molecule has 0 aromatic carbocycles. The van der Waals surface area contributed by atoms with Crippen molar-refractivity contribution >= 4 is 23.2 Å². The molecule has 1 unspecified atom stereocenters. The Balaban J connectivity index is 2.24. The quantitative estimate of drug-likeness (QED) is 0.821. The van der Waals surface area contributed by atoms with E-state index in [1.807, 2.05) is 45.2 Å². The molecule has 0 saturated heterocycles. The van der Waals surface area contributed by atoms with Crippen LogP contribution in [-0.2, 0) is 20.7 Å². The van der Waals surface area contributed by atoms with Crippen LogP contribution < -0.4 is 5.32 Å². The maximum Gasteiger partial charge on any atom is 0.306 e. The average Bonchev–Trinajstić information content (AvgIpc) is 2.76. The van der Waals surface area contributed by atoms with Gasteiger partial charge < -0.3 is 10.1 Å². The minimum absolute atomic E-state index is 0.0692. The molecule has 0 radical (unpaired) electrons. The number of carbonyl (C=O) groups excluding carboxylic acids is 2. The number of amides is 1. The van der Waals surface area contributed by atoms with Crippen molar-refractivity contribution in [2.45, 2.75) is 58.6 Å². The predicted octanol–water partition coefficient (Wildman–Crippen LogP) is 2.92. The molecule has 1 heterocycles. The number of esters is 1. The maximum atomic E-state index is 11.7. The van der Waals surface area contributed by atoms with E-state index in [1.165, 1.54) is 4.88 Å². The van der Waals surface area contributed by atoms with Crippen molar-refractivity contribution in [3.63, 3.8) is 0 Å². The van der Waals surface area contributed by atoms with Crippen LogP contribution in [0.25, 0.3) is 0 Å². The molecule has 0 fully saturated rings. The molecule has 1 N–H and O–H groups in total. The van der Waals surface area contributed by atoms with Gasteiger partial charge in [0.15, 0.2) is 0 Å². The monoisotopic (exact) mass is 297 g/mol. The number of hydrogen-bond donors (Lipinski definition) is 1. The summed E-state index contributed by atoms with van der Waals surface area (Å²) in [6.07, 6.45) is 1.11. The van der Waals surface area contributed by atoms with Crippen LogP contribution in [0.3, 0.4) is 0 Å². The molecular weight excluding hydrogens is 274 g/mol. The normalized spacial score (nSPS) is 12.8. The number of nitrogens with one attached hydrogen (secondary N) is 1. The fourth-order valence-electron chi connectivity index (χ4n) is 1.74. The first kappa shape index (κ1) is 16.7. The van der Waals surface area contributed by atoms with Gasteiger partial charge in [-0.1, -0.05) is 6.07 Å². The molecule has 20 heavy (non-hydrogen) atoms. The lowest BCUT2D eigenvalue weighted by molar-refractivity contribution is -0.155. The Hall–Kier alpha value is -1.36. The average molecular weight is 297 g/mol. The molecule has 0 spiro atoms. The maximum absolute atomic E-state index is 11.7. The van der Waals surface area contributed by atoms with Crippen LogP contribution in [0.4, 0.5) is 0 Å². The Morgan fingerprint density at radius 3 is 2.60 bits per heavy atom. The van der Waals surface area contributed by atoms with Crippen molar-refractivity contribution in [3.05, 3.63) is 22.4 Å². The third-order valence-electron chi connectivity index (χ3n) is 2.47. The lowest BCUT2D eigenvalue weighted by Gasteiger charge is -2.19. The molecule has 1 atom stereocenters. The second kappa shape index (κ2) is 7.43. The van der Waals surface area contributed by atoms with E-state index >= 15 is 0 Å². The van der Waals surface area contributed by atoms with Crippen LogP contribution in [0.2, 0.25) is 0 Å². The second-order valence-corrected chi connectivity index (χ2v) is 6.87. The van der Waals surface area contributed by atoms with E-state index < -0.39 is 5.60 Å². The van der Waals surface area contributed by atoms with E-state index in [2.05, 4.69) is 5.32 Å². The Bertz CT molecular complexity index is 434. The topological polar surface area (TPSA) is 55.4 Å². The molecule has 0 saturated carbocycles. The first-order chi connectivity index (χ1) is 9.26. The number of rotatable bonds is 6. The van der Waals surface area contributed by atoms with Crippen molar-refractivity contribution < 1.29 is 14.3 Å². The number of carbonyl (C=O) groups is 2. The molecule has 0 aliphatic rings. The zero-order chi connectivity index (χ0) is 15.2. The predicted molar refractivity (Wildman–Crippen MR) is 80.7 cm³/mol. The standard InChI is InChI=1S/C15H23NO3S/c1-11(10-12-6-5-9-20-12)16-13(17)7-8-14(18)19-15(2,3)4/h5-6,9,11H,7-8,10H2,1-4H3,(H,16,17). The van der Waals surface area contributed by atoms with E-state index in [9.17, 15) is 9.59 Å². The van der Waals surface area contributed by atoms with Gasteiger partial charge in [0.05, 0.1) is 6.42 Å². The van der Waals surface area contributed by atoms with Crippen LogP contribution >= 0.6 is 11.3 Å². The van der Waals surface area contributed by atoms with Gasteiger partial charge in [-0.25, -0.2) is 0 Å². The first-order valence-electron chi connectivity index (χ1n) is 6.80. The summed E-state index contributed by atoms with van der Waals surface area (Å²) in [7, 11) is 0. The highest BCUT2D eigenvalue weighted by atomic mass is 32.1. The SMILES string of the molecule is CC(Cc1cccs1)NC(=O)CCC(=O)OC(C)(C)C. The summed E-state index contributed by atoms with van der Waals surface area (Å²) in [4.78, 5) is 24.5. The molecule has 1 rings (SSSR count). The van der Waals surface area contributed by atoms with Gasteiger partial charge in [0.2, 0.25) is 5.91 Å². The van der Waals surface area contributed by atoms with Crippen molar-refractivity contribution in [2.24, 2.45) is 0 Å². The van der Waals surface area contributed by atoms with Crippen LogP contribution in [0.15, 0.2) is 17.5 Å². The molecule has 0 bridgehead atoms. The van der Waals surface area contributed by atoms with Crippen molar-refractivity contribution in [3.8, 4) is 0 Å². The minimum Gasteiger partial charge on any atom is -0.460 e. The lowest BCUT2D eigenvalue weighted by Crippen LogP contribution is -2.34. The summed E-state index contributed by atoms with van der Waals surface area (Å²) in [5, 5.41) is 4.92. The summed E-state index contributed by atoms with van der Waals surface area (Å²) in [5.74, 6) is -0.446. The van der Waals surface area contributed by atoms with E-state index in [0.29, 0.717) is 0 Å². The van der Waals surface area contributed by atoms with Crippen molar-refractivity contribution in [2.75, 3.05) is 0 Å². The number of thiophene rings is 1.